The second kappa shape index (κ2) is 7.09. The van der Waals surface area contributed by atoms with Crippen molar-refractivity contribution in [2.24, 2.45) is 0 Å². The molecule has 0 fully saturated rings. The quantitative estimate of drug-likeness (QED) is 0.614. The molecule has 0 N–H and O–H groups in total. The fourth-order valence-corrected chi connectivity index (χ4v) is 4.16. The van der Waals surface area contributed by atoms with Crippen molar-refractivity contribution in [3.8, 4) is 0 Å². The summed E-state index contributed by atoms with van der Waals surface area (Å²) in [5.74, 6) is 1.24. The summed E-state index contributed by atoms with van der Waals surface area (Å²) >= 11 is 1.54. The topological polar surface area (TPSA) is 47.8 Å². The minimum absolute atomic E-state index is 0.164. The largest absolute Gasteiger partial charge is 0.306 e. The van der Waals surface area contributed by atoms with Crippen LogP contribution in [0, 0.1) is 20.8 Å². The van der Waals surface area contributed by atoms with E-state index in [0.717, 1.165) is 47.1 Å². The molecular weight excluding hydrogens is 318 g/mol. The molecule has 0 radical (unpaired) electrons. The summed E-state index contributed by atoms with van der Waals surface area (Å²) in [6.45, 7) is 9.09. The van der Waals surface area contributed by atoms with Gasteiger partial charge in [-0.1, -0.05) is 24.2 Å². The van der Waals surface area contributed by atoms with Gasteiger partial charge in [0.25, 0.3) is 0 Å². The third-order valence-electron chi connectivity index (χ3n) is 4.83. The molecule has 0 aliphatic carbocycles. The van der Waals surface area contributed by atoms with Gasteiger partial charge in [-0.15, -0.1) is 10.2 Å². The van der Waals surface area contributed by atoms with Gasteiger partial charge in [0, 0.05) is 18.5 Å². The number of carbonyl (C=O) groups excluding carboxylic acids is 1. The maximum atomic E-state index is 12.9. The Morgan fingerprint density at radius 3 is 2.62 bits per heavy atom. The number of carbonyl (C=O) groups is 1. The molecule has 1 atom stereocenters. The van der Waals surface area contributed by atoms with Crippen molar-refractivity contribution in [3.05, 3.63) is 40.2 Å². The minimum Gasteiger partial charge on any atom is -0.306 e. The summed E-state index contributed by atoms with van der Waals surface area (Å²) in [4.78, 5) is 12.9. The molecule has 5 heteroatoms. The van der Waals surface area contributed by atoms with Crippen LogP contribution in [0.5, 0.6) is 0 Å². The molecule has 0 bridgehead atoms. The van der Waals surface area contributed by atoms with Crippen molar-refractivity contribution >= 4 is 17.5 Å². The molecule has 3 rings (SSSR count). The van der Waals surface area contributed by atoms with Gasteiger partial charge >= 0.3 is 0 Å². The summed E-state index contributed by atoms with van der Waals surface area (Å²) in [6, 6.07) is 4.12. The molecule has 4 nitrogen and oxygen atoms in total. The Hall–Kier alpha value is -1.62. The molecule has 2 heterocycles. The van der Waals surface area contributed by atoms with E-state index in [4.69, 9.17) is 0 Å². The highest BCUT2D eigenvalue weighted by Crippen LogP contribution is 2.28. The molecule has 24 heavy (non-hydrogen) atoms. The van der Waals surface area contributed by atoms with Crippen molar-refractivity contribution in [3.63, 3.8) is 0 Å². The van der Waals surface area contributed by atoms with Crippen LogP contribution in [0.2, 0.25) is 0 Å². The summed E-state index contributed by atoms with van der Waals surface area (Å²) in [6.07, 6.45) is 4.58. The lowest BCUT2D eigenvalue weighted by Crippen LogP contribution is -2.16. The number of Topliss-reactive ketones (excluding diaryl/α,β-unsaturated/α-hetero) is 1. The zero-order chi connectivity index (χ0) is 17.3. The standard InChI is InChI=1S/C19H25N3OS/c1-12-10-14(3)16(11-13(12)2)18(23)15(4)24-19-21-20-17-8-6-5-7-9-22(17)19/h10-11,15H,5-9H2,1-4H3. The molecule has 1 aliphatic rings. The molecular formula is C19H25N3OS. The number of ketones is 1. The van der Waals surface area contributed by atoms with E-state index >= 15 is 0 Å². The average Bonchev–Trinajstić information content (AvgIpc) is 2.78. The van der Waals surface area contributed by atoms with Crippen LogP contribution in [0.1, 0.15) is 59.1 Å². The lowest BCUT2D eigenvalue weighted by atomic mass is 9.97. The van der Waals surface area contributed by atoms with E-state index in [0.29, 0.717) is 0 Å². The van der Waals surface area contributed by atoms with Gasteiger partial charge in [-0.05, 0) is 63.3 Å². The van der Waals surface area contributed by atoms with Crippen LogP contribution < -0.4 is 0 Å². The van der Waals surface area contributed by atoms with Crippen molar-refractivity contribution in [1.29, 1.82) is 0 Å². The van der Waals surface area contributed by atoms with Crippen LogP contribution >= 0.6 is 11.8 Å². The van der Waals surface area contributed by atoms with Gasteiger partial charge in [-0.2, -0.15) is 0 Å². The van der Waals surface area contributed by atoms with Crippen LogP contribution in [0.15, 0.2) is 17.3 Å². The summed E-state index contributed by atoms with van der Waals surface area (Å²) in [5.41, 5.74) is 4.27. The number of rotatable bonds is 4. The molecule has 0 saturated carbocycles. The number of hydrogen-bond acceptors (Lipinski definition) is 4. The number of aromatic nitrogens is 3. The van der Waals surface area contributed by atoms with Crippen LogP contribution in [-0.4, -0.2) is 25.8 Å². The van der Waals surface area contributed by atoms with Crippen molar-refractivity contribution < 1.29 is 4.79 Å². The second-order valence-electron chi connectivity index (χ2n) is 6.74. The highest BCUT2D eigenvalue weighted by atomic mass is 32.2. The van der Waals surface area contributed by atoms with Gasteiger partial charge in [-0.3, -0.25) is 4.79 Å². The van der Waals surface area contributed by atoms with Gasteiger partial charge in [0.05, 0.1) is 5.25 Å². The Kier molecular flexibility index (Phi) is 5.09. The fraction of sp³-hybridized carbons (Fsp3) is 0.526. The van der Waals surface area contributed by atoms with Crippen LogP contribution in [0.4, 0.5) is 0 Å². The van der Waals surface area contributed by atoms with E-state index in [2.05, 4.69) is 34.7 Å². The first kappa shape index (κ1) is 17.2. The Balaban J connectivity index is 1.80. The Bertz CT molecular complexity index is 766. The van der Waals surface area contributed by atoms with Crippen LogP contribution in [-0.2, 0) is 13.0 Å². The van der Waals surface area contributed by atoms with Gasteiger partial charge in [0.15, 0.2) is 10.9 Å². The summed E-state index contributed by atoms with van der Waals surface area (Å²) in [7, 11) is 0. The maximum absolute atomic E-state index is 12.9. The van der Waals surface area contributed by atoms with Gasteiger partial charge < -0.3 is 4.57 Å². The smallest absolute Gasteiger partial charge is 0.191 e. The number of aryl methyl sites for hydroxylation is 4. The number of thioether (sulfide) groups is 1. The third kappa shape index (κ3) is 3.41. The predicted octanol–water partition coefficient (Wildman–Crippen LogP) is 4.29. The van der Waals surface area contributed by atoms with Crippen LogP contribution in [0.3, 0.4) is 0 Å². The van der Waals surface area contributed by atoms with Crippen molar-refractivity contribution in [2.75, 3.05) is 0 Å². The minimum atomic E-state index is -0.164. The lowest BCUT2D eigenvalue weighted by Gasteiger charge is -2.14. The first-order valence-corrected chi connectivity index (χ1v) is 9.56. The number of nitrogens with zero attached hydrogens (tertiary/aromatic N) is 3. The molecule has 0 spiro atoms. The zero-order valence-electron chi connectivity index (χ0n) is 14.9. The third-order valence-corrected chi connectivity index (χ3v) is 5.91. The molecule has 128 valence electrons. The Morgan fingerprint density at radius 2 is 1.83 bits per heavy atom. The molecule has 1 aromatic carbocycles. The molecule has 2 aromatic rings. The van der Waals surface area contributed by atoms with E-state index in [1.54, 1.807) is 0 Å². The number of benzene rings is 1. The van der Waals surface area contributed by atoms with E-state index in [-0.39, 0.29) is 11.0 Å². The van der Waals surface area contributed by atoms with Gasteiger partial charge in [0.2, 0.25) is 0 Å². The maximum Gasteiger partial charge on any atom is 0.191 e. The van der Waals surface area contributed by atoms with E-state index in [1.165, 1.54) is 30.2 Å². The normalized spacial score (nSPS) is 15.7. The summed E-state index contributed by atoms with van der Waals surface area (Å²) < 4.78 is 2.20. The average molecular weight is 343 g/mol. The SMILES string of the molecule is Cc1cc(C)c(C(=O)C(C)Sc2nnc3n2CCCCC3)cc1C. The first-order valence-electron chi connectivity index (χ1n) is 8.68. The van der Waals surface area contributed by atoms with E-state index in [1.807, 2.05) is 19.9 Å². The van der Waals surface area contributed by atoms with Gasteiger partial charge in [-0.25, -0.2) is 0 Å². The second-order valence-corrected chi connectivity index (χ2v) is 8.04. The Labute approximate surface area is 148 Å². The number of hydrogen-bond donors (Lipinski definition) is 0. The summed E-state index contributed by atoms with van der Waals surface area (Å²) in [5, 5.41) is 9.38. The highest BCUT2D eigenvalue weighted by Gasteiger charge is 2.23. The molecule has 0 saturated heterocycles. The van der Waals surface area contributed by atoms with Crippen LogP contribution in [0.25, 0.3) is 0 Å². The molecule has 1 aromatic heterocycles. The molecule has 1 unspecified atom stereocenters. The van der Waals surface area contributed by atoms with Gasteiger partial charge in [0.1, 0.15) is 5.82 Å². The number of fused-ring (bicyclic) bond motifs is 1. The van der Waals surface area contributed by atoms with Crippen molar-refractivity contribution in [2.45, 2.75) is 70.3 Å². The first-order chi connectivity index (χ1) is 11.5. The molecule has 1 aliphatic heterocycles. The van der Waals surface area contributed by atoms with E-state index in [9.17, 15) is 4.79 Å². The highest BCUT2D eigenvalue weighted by molar-refractivity contribution is 8.00. The Morgan fingerprint density at radius 1 is 1.08 bits per heavy atom. The van der Waals surface area contributed by atoms with Crippen molar-refractivity contribution in [1.82, 2.24) is 14.8 Å². The molecule has 0 amide bonds. The van der Waals surface area contributed by atoms with E-state index < -0.39 is 0 Å². The lowest BCUT2D eigenvalue weighted by molar-refractivity contribution is 0.0993. The fourth-order valence-electron chi connectivity index (χ4n) is 3.20. The zero-order valence-corrected chi connectivity index (χ0v) is 15.7. The monoisotopic (exact) mass is 343 g/mol. The predicted molar refractivity (Wildman–Crippen MR) is 97.9 cm³/mol.